The molecule has 1 aliphatic heterocycles. The topological polar surface area (TPSA) is 28.1 Å². The summed E-state index contributed by atoms with van der Waals surface area (Å²) in [5, 5.41) is 0. The van der Waals surface area contributed by atoms with Crippen LogP contribution in [0.1, 0.15) is 5.69 Å². The van der Waals surface area contributed by atoms with E-state index in [9.17, 15) is 0 Å². The number of benzene rings is 1. The van der Waals surface area contributed by atoms with Crippen LogP contribution in [0.4, 0.5) is 5.69 Å². The second kappa shape index (κ2) is 3.03. The number of H-pyrrole nitrogens is 1. The Kier molecular flexibility index (Phi) is 1.70. The summed E-state index contributed by atoms with van der Waals surface area (Å²) in [6.45, 7) is 0. The number of hydrogen-bond acceptors (Lipinski definition) is 2. The Hall–Kier alpha value is -1.48. The molecule has 1 aromatic heterocycles. The van der Waals surface area contributed by atoms with Crippen molar-refractivity contribution < 1.29 is 0 Å². The van der Waals surface area contributed by atoms with E-state index in [1.807, 2.05) is 30.6 Å². The molecule has 3 heteroatoms. The molecule has 0 atom stereocenters. The van der Waals surface area contributed by atoms with Crippen LogP contribution in [0.5, 0.6) is 0 Å². The van der Waals surface area contributed by atoms with Gasteiger partial charge in [-0.1, -0.05) is 23.9 Å². The van der Waals surface area contributed by atoms with Gasteiger partial charge < -0.3 is 4.98 Å². The molecule has 68 valence electrons. The van der Waals surface area contributed by atoms with E-state index in [1.165, 1.54) is 9.79 Å². The number of fused-ring (bicyclic) bond motifs is 2. The van der Waals surface area contributed by atoms with Crippen molar-refractivity contribution in [3.63, 3.8) is 0 Å². The Morgan fingerprint density at radius 2 is 2.00 bits per heavy atom. The van der Waals surface area contributed by atoms with Crippen molar-refractivity contribution in [2.45, 2.75) is 9.79 Å². The second-order valence-electron chi connectivity index (χ2n) is 3.08. The molecule has 0 saturated heterocycles. The molecule has 0 bridgehead atoms. The van der Waals surface area contributed by atoms with Crippen LogP contribution in [0.3, 0.4) is 0 Å². The summed E-state index contributed by atoms with van der Waals surface area (Å²) in [4.78, 5) is 10.0. The smallest absolute Gasteiger partial charge is 0.0769 e. The first-order chi connectivity index (χ1) is 6.93. The third kappa shape index (κ3) is 1.17. The molecule has 2 aromatic rings. The van der Waals surface area contributed by atoms with Crippen molar-refractivity contribution in [2.75, 3.05) is 0 Å². The summed E-state index contributed by atoms with van der Waals surface area (Å²) in [6.07, 6.45) is 3.83. The summed E-state index contributed by atoms with van der Waals surface area (Å²) in [5.41, 5.74) is 2.13. The minimum absolute atomic E-state index is 1.04. The molecule has 0 aliphatic carbocycles. The van der Waals surface area contributed by atoms with Gasteiger partial charge in [-0.05, 0) is 18.2 Å². The maximum absolute atomic E-state index is 4.42. The molecule has 2 nitrogen and oxygen atoms in total. The van der Waals surface area contributed by atoms with Crippen LogP contribution in [-0.4, -0.2) is 11.2 Å². The fourth-order valence-corrected chi connectivity index (χ4v) is 2.43. The molecule has 0 radical (unpaired) electrons. The maximum atomic E-state index is 4.42. The number of hydrogen-bond donors (Lipinski definition) is 1. The van der Waals surface area contributed by atoms with E-state index in [2.05, 4.69) is 22.1 Å². The average Bonchev–Trinajstić information content (AvgIpc) is 2.58. The number of nitrogens with one attached hydrogen (secondary N) is 1. The molecule has 14 heavy (non-hydrogen) atoms. The average molecular weight is 200 g/mol. The van der Waals surface area contributed by atoms with Crippen molar-refractivity contribution in [1.29, 1.82) is 0 Å². The van der Waals surface area contributed by atoms with Gasteiger partial charge in [0.2, 0.25) is 0 Å². The van der Waals surface area contributed by atoms with Gasteiger partial charge in [0.25, 0.3) is 0 Å². The summed E-state index contributed by atoms with van der Waals surface area (Å²) >= 11 is 1.75. The number of para-hydroxylation sites is 1. The molecule has 0 fully saturated rings. The van der Waals surface area contributed by atoms with Gasteiger partial charge in [0.15, 0.2) is 0 Å². The SMILES string of the molecule is C1=Nc2ccccc2Sc2cc[nH]c21. The number of aliphatic imine (C=N–C) groups is 1. The molecule has 3 rings (SSSR count). The maximum Gasteiger partial charge on any atom is 0.0769 e. The molecule has 0 spiro atoms. The highest BCUT2D eigenvalue weighted by Gasteiger charge is 2.10. The van der Waals surface area contributed by atoms with E-state index in [1.54, 1.807) is 11.8 Å². The summed E-state index contributed by atoms with van der Waals surface area (Å²) in [5.74, 6) is 0. The quantitative estimate of drug-likeness (QED) is 0.593. The van der Waals surface area contributed by atoms with Gasteiger partial charge in [0.1, 0.15) is 0 Å². The third-order valence-corrected chi connectivity index (χ3v) is 3.30. The molecule has 1 aliphatic rings. The first-order valence-corrected chi connectivity index (χ1v) is 5.23. The second-order valence-corrected chi connectivity index (χ2v) is 4.17. The summed E-state index contributed by atoms with van der Waals surface area (Å²) < 4.78 is 0. The van der Waals surface area contributed by atoms with E-state index < -0.39 is 0 Å². The molecular weight excluding hydrogens is 192 g/mol. The molecule has 1 N–H and O–H groups in total. The lowest BCUT2D eigenvalue weighted by molar-refractivity contribution is 1.34. The van der Waals surface area contributed by atoms with Gasteiger partial charge in [-0.3, -0.25) is 4.99 Å². The van der Waals surface area contributed by atoms with E-state index in [0.29, 0.717) is 0 Å². The molecular formula is C11H8N2S. The number of aromatic amines is 1. The van der Waals surface area contributed by atoms with Crippen LogP contribution in [0.2, 0.25) is 0 Å². The molecule has 1 aromatic carbocycles. The first-order valence-electron chi connectivity index (χ1n) is 4.42. The minimum Gasteiger partial charge on any atom is -0.359 e. The van der Waals surface area contributed by atoms with Gasteiger partial charge in [0, 0.05) is 16.0 Å². The van der Waals surface area contributed by atoms with Gasteiger partial charge in [-0.25, -0.2) is 0 Å². The normalized spacial score (nSPS) is 13.1. The van der Waals surface area contributed by atoms with Crippen molar-refractivity contribution >= 4 is 23.7 Å². The largest absolute Gasteiger partial charge is 0.359 e. The molecule has 0 saturated carbocycles. The van der Waals surface area contributed by atoms with Crippen LogP contribution < -0.4 is 0 Å². The van der Waals surface area contributed by atoms with Crippen LogP contribution in [0.25, 0.3) is 0 Å². The molecule has 0 unspecified atom stereocenters. The fraction of sp³-hybridized carbons (Fsp3) is 0. The van der Waals surface area contributed by atoms with E-state index >= 15 is 0 Å². The van der Waals surface area contributed by atoms with Gasteiger partial charge in [0.05, 0.1) is 17.6 Å². The van der Waals surface area contributed by atoms with Gasteiger partial charge in [-0.15, -0.1) is 0 Å². The van der Waals surface area contributed by atoms with Crippen LogP contribution in [0, 0.1) is 0 Å². The lowest BCUT2D eigenvalue weighted by atomic mass is 10.3. The Morgan fingerprint density at radius 3 is 3.00 bits per heavy atom. The zero-order valence-corrected chi connectivity index (χ0v) is 8.21. The van der Waals surface area contributed by atoms with Crippen LogP contribution in [-0.2, 0) is 0 Å². The predicted octanol–water partition coefficient (Wildman–Crippen LogP) is 3.23. The Balaban J connectivity index is 2.19. The van der Waals surface area contributed by atoms with E-state index in [0.717, 1.165) is 11.4 Å². The monoisotopic (exact) mass is 200 g/mol. The van der Waals surface area contributed by atoms with Crippen molar-refractivity contribution in [1.82, 2.24) is 4.98 Å². The standard InChI is InChI=1S/C11H8N2S/c1-2-4-10-8(3-1)13-7-9-11(14-10)5-6-12-9/h1-7,12H. The van der Waals surface area contributed by atoms with Crippen LogP contribution >= 0.6 is 11.8 Å². The van der Waals surface area contributed by atoms with Crippen LogP contribution in [0.15, 0.2) is 51.3 Å². The zero-order chi connectivity index (χ0) is 9.38. The number of aromatic nitrogens is 1. The van der Waals surface area contributed by atoms with Crippen molar-refractivity contribution in [3.8, 4) is 0 Å². The Labute approximate surface area is 86.1 Å². The predicted molar refractivity (Wildman–Crippen MR) is 58.6 cm³/mol. The first kappa shape index (κ1) is 7.88. The fourth-order valence-electron chi connectivity index (χ4n) is 1.46. The highest BCUT2D eigenvalue weighted by molar-refractivity contribution is 7.99. The third-order valence-electron chi connectivity index (χ3n) is 2.16. The highest BCUT2D eigenvalue weighted by Crippen LogP contribution is 2.38. The van der Waals surface area contributed by atoms with Crippen molar-refractivity contribution in [3.05, 3.63) is 42.2 Å². The molecule has 0 amide bonds. The zero-order valence-electron chi connectivity index (χ0n) is 7.40. The van der Waals surface area contributed by atoms with Gasteiger partial charge >= 0.3 is 0 Å². The summed E-state index contributed by atoms with van der Waals surface area (Å²) in [7, 11) is 0. The number of rotatable bonds is 0. The van der Waals surface area contributed by atoms with E-state index in [4.69, 9.17) is 0 Å². The summed E-state index contributed by atoms with van der Waals surface area (Å²) in [6, 6.07) is 10.3. The van der Waals surface area contributed by atoms with Gasteiger partial charge in [-0.2, -0.15) is 0 Å². The molecule has 2 heterocycles. The Bertz CT molecular complexity index is 499. The Morgan fingerprint density at radius 1 is 1.07 bits per heavy atom. The highest BCUT2D eigenvalue weighted by atomic mass is 32.2. The number of nitrogens with zero attached hydrogens (tertiary/aromatic N) is 1. The minimum atomic E-state index is 1.04. The lowest BCUT2D eigenvalue weighted by Gasteiger charge is -2.00. The van der Waals surface area contributed by atoms with Crippen molar-refractivity contribution in [2.24, 2.45) is 4.99 Å². The van der Waals surface area contributed by atoms with E-state index in [-0.39, 0.29) is 0 Å². The lowest BCUT2D eigenvalue weighted by Crippen LogP contribution is -1.78.